The molecular formula is C91H61Br8Cl8F7O14. The maximum Gasteiger partial charge on any atom is 0.194 e. The van der Waals surface area contributed by atoms with Crippen molar-refractivity contribution in [2.24, 2.45) is 0 Å². The first-order chi connectivity index (χ1) is 59.6. The van der Waals surface area contributed by atoms with Crippen LogP contribution in [0.25, 0.3) is 0 Å². The van der Waals surface area contributed by atoms with Gasteiger partial charge in [0.2, 0.25) is 0 Å². The van der Waals surface area contributed by atoms with Crippen LogP contribution in [0.2, 0.25) is 20.1 Å². The number of hydrogen-bond donors (Lipinski definition) is 7. The summed E-state index contributed by atoms with van der Waals surface area (Å²) in [6, 6.07) is 18.3. The molecule has 7 N–H and O–H groups in total. The van der Waals surface area contributed by atoms with Crippen molar-refractivity contribution in [1.29, 1.82) is 0 Å². The van der Waals surface area contributed by atoms with Gasteiger partial charge in [0.25, 0.3) is 0 Å². The molecule has 128 heavy (non-hydrogen) atoms. The minimum Gasteiger partial charge on any atom is -0.507 e. The van der Waals surface area contributed by atoms with Crippen LogP contribution in [0.5, 0.6) is 40.2 Å². The van der Waals surface area contributed by atoms with Crippen LogP contribution in [0.15, 0.2) is 234 Å². The Morgan fingerprint density at radius 2 is 0.516 bits per heavy atom. The number of carbonyl (C=O) groups excluding carboxylic acids is 7. The van der Waals surface area contributed by atoms with Gasteiger partial charge in [0.1, 0.15) is 81.0 Å². The van der Waals surface area contributed by atoms with E-state index < -0.39 is 75.5 Å². The molecule has 0 spiro atoms. The van der Waals surface area contributed by atoms with E-state index >= 15 is 0 Å². The first-order valence-electron chi connectivity index (χ1n) is 36.5. The number of halogens is 23. The fraction of sp³-hybridized carbons (Fsp3) is 0.154. The summed E-state index contributed by atoms with van der Waals surface area (Å²) >= 11 is 72.1. The standard InChI is InChI=1S/C13H8Br3FO2.C13H8Br2ClFO2.C13H9Br2ClO2.C13H9BrClFO2.2C13H9Cl2FO2.C13H9ClF2O2/c1-5-2-6(17)3-8(12(5)18)13(19)7-4-9(14)11(16)10(7)15;1-5-2-6(16)3-8(12(5)18)13(19)7-4-9(17)11(15)10(7)14;1-6-2-8(16)5-9(12(6)17)13(18)7-3-10(14)11(15)4-7;1-6-2-8(15)5-9(12(6)17)13(18)7-3-10(14)11(16)4-7;1-6-2-8(16)5-9(12(6)17)13(18)7-3-10(14)11(15)4-7;1-6-2-8(14)5-9(12(6)17)13(18)7-3-10(15)11(16)4-7;1-6-2-8(15)5-9(12(6)17)13(18)7-3-10(14)11(16)4-7/h2*2-3,18H,4H2,1H3;5*2-3,5,17H,4H2,1H3. The molecule has 0 amide bonds. The molecule has 0 fully saturated rings. The molecule has 0 saturated carbocycles. The number of phenols is 7. The van der Waals surface area contributed by atoms with Gasteiger partial charge in [-0.05, 0) is 298 Å². The molecule has 0 saturated heterocycles. The largest absolute Gasteiger partial charge is 0.507 e. The first kappa shape index (κ1) is 106. The van der Waals surface area contributed by atoms with Gasteiger partial charge in [-0.2, -0.15) is 0 Å². The molecule has 0 unspecified atom stereocenters. The molecule has 37 heteroatoms. The second-order valence-corrected chi connectivity index (χ2v) is 38.7. The van der Waals surface area contributed by atoms with Gasteiger partial charge in [-0.25, -0.2) is 30.7 Å². The molecule has 0 heterocycles. The maximum atomic E-state index is 13.5. The Balaban J connectivity index is 0.000000185. The lowest BCUT2D eigenvalue weighted by Gasteiger charge is -2.08. The van der Waals surface area contributed by atoms with Crippen molar-refractivity contribution in [3.8, 4) is 40.2 Å². The van der Waals surface area contributed by atoms with Crippen molar-refractivity contribution in [1.82, 2.24) is 0 Å². The van der Waals surface area contributed by atoms with Crippen LogP contribution in [-0.2, 0) is 0 Å². The minimum absolute atomic E-state index is 0.00977. The number of phenolic OH excluding ortho intramolecular Hbond substituents is 7. The Hall–Kier alpha value is -7.14. The van der Waals surface area contributed by atoms with Gasteiger partial charge in [0, 0.05) is 140 Å². The number of Topliss-reactive ketones (excluding diaryl/α,β-unsaturated/α-hetero) is 7. The van der Waals surface area contributed by atoms with Gasteiger partial charge in [-0.1, -0.05) is 125 Å². The summed E-state index contributed by atoms with van der Waals surface area (Å²) in [7, 11) is 0. The molecule has 7 aliphatic carbocycles. The van der Waals surface area contributed by atoms with Gasteiger partial charge in [-0.15, -0.1) is 0 Å². The highest BCUT2D eigenvalue weighted by Gasteiger charge is 2.34. The van der Waals surface area contributed by atoms with E-state index in [1.54, 1.807) is 65.0 Å². The number of aromatic hydroxyl groups is 7. The summed E-state index contributed by atoms with van der Waals surface area (Å²) in [6.45, 7) is 11.2. The van der Waals surface area contributed by atoms with Gasteiger partial charge in [-0.3, -0.25) is 33.6 Å². The van der Waals surface area contributed by atoms with Gasteiger partial charge < -0.3 is 35.7 Å². The van der Waals surface area contributed by atoms with Crippen LogP contribution < -0.4 is 0 Å². The third-order valence-corrected chi connectivity index (χ3v) is 29.8. The predicted octanol–water partition coefficient (Wildman–Crippen LogP) is 31.7. The van der Waals surface area contributed by atoms with E-state index in [2.05, 4.69) is 127 Å². The summed E-state index contributed by atoms with van der Waals surface area (Å²) in [5, 5.41) is 71.0. The molecule has 0 bridgehead atoms. The lowest BCUT2D eigenvalue weighted by atomic mass is 9.99. The Morgan fingerprint density at radius 1 is 0.258 bits per heavy atom. The highest BCUT2D eigenvalue weighted by atomic mass is 79.9. The molecule has 0 radical (unpaired) electrons. The zero-order chi connectivity index (χ0) is 95.9. The summed E-state index contributed by atoms with van der Waals surface area (Å²) in [4.78, 5) is 85.5. The number of hydrogen-bond acceptors (Lipinski definition) is 14. The molecule has 7 aromatic carbocycles. The van der Waals surface area contributed by atoms with Crippen molar-refractivity contribution < 1.29 is 100 Å². The van der Waals surface area contributed by atoms with E-state index in [0.717, 1.165) is 48.3 Å². The van der Waals surface area contributed by atoms with E-state index in [-0.39, 0.29) is 164 Å². The van der Waals surface area contributed by atoms with Crippen molar-refractivity contribution in [2.45, 2.75) is 93.4 Å². The van der Waals surface area contributed by atoms with E-state index in [1.807, 2.05) is 0 Å². The third kappa shape index (κ3) is 25.8. The zero-order valence-electron chi connectivity index (χ0n) is 66.6. The van der Waals surface area contributed by atoms with Crippen LogP contribution in [0.1, 0.15) is 156 Å². The Morgan fingerprint density at radius 3 is 0.773 bits per heavy atom. The Bertz CT molecular complexity index is 5740. The van der Waals surface area contributed by atoms with E-state index in [4.69, 9.17) is 92.8 Å². The monoisotopic (exact) mass is 2420 g/mol. The van der Waals surface area contributed by atoms with Crippen LogP contribution in [0, 0.1) is 65.9 Å². The molecule has 0 aliphatic heterocycles. The SMILES string of the molecule is Cc1cc(Cl)cc(C(=O)C2=C(Br)C(Br)=C(F)C2)c1O.Cc1cc(Cl)cc(C(=O)C2=CC(Br)=C(Br)C2)c1O.Cc1cc(Cl)cc(C(=O)C2=CC(Br)=C(F)C2)c1O.Cc1cc(Cl)cc(C(=O)C2=CC(Cl)=C(F)C2)c1O.Cc1cc(F)cc(C(=O)C2=C(Br)C(Br)=C(Br)C2)c1O.Cc1cc(F)cc(C(=O)C2=CC(Cl)=C(Cl)C2)c1O.Cc1cc(F)cc(C(=O)C2=CC(Cl)=C(F)C2)c1O. The highest BCUT2D eigenvalue weighted by Crippen LogP contribution is 2.48. The second kappa shape index (κ2) is 45.5. The quantitative estimate of drug-likeness (QED) is 0.0395. The average molecular weight is 2430 g/mol. The van der Waals surface area contributed by atoms with E-state index in [0.29, 0.717) is 102 Å². The summed E-state index contributed by atoms with van der Waals surface area (Å²) in [6.07, 6.45) is 7.65. The van der Waals surface area contributed by atoms with Crippen molar-refractivity contribution in [3.63, 3.8) is 0 Å². The smallest absolute Gasteiger partial charge is 0.194 e. The van der Waals surface area contributed by atoms with E-state index in [1.165, 1.54) is 68.5 Å². The summed E-state index contributed by atoms with van der Waals surface area (Å²) in [5.74, 6) is -7.83. The van der Waals surface area contributed by atoms with Crippen LogP contribution in [0.3, 0.4) is 0 Å². The Kier molecular flexibility index (Phi) is 37.8. The van der Waals surface area contributed by atoms with Gasteiger partial charge in [0.15, 0.2) is 40.5 Å². The lowest BCUT2D eigenvalue weighted by molar-refractivity contribution is 0.102. The van der Waals surface area contributed by atoms with Crippen LogP contribution in [0.4, 0.5) is 30.7 Å². The molecule has 0 atom stereocenters. The summed E-state index contributed by atoms with van der Waals surface area (Å²) < 4.78 is 97.7. The zero-order valence-corrected chi connectivity index (χ0v) is 85.3. The van der Waals surface area contributed by atoms with Gasteiger partial charge >= 0.3 is 0 Å². The van der Waals surface area contributed by atoms with Crippen molar-refractivity contribution in [2.75, 3.05) is 0 Å². The maximum absolute atomic E-state index is 13.5. The number of aryl methyl sites for hydroxylation is 7. The van der Waals surface area contributed by atoms with E-state index in [9.17, 15) is 100 Å². The number of benzene rings is 7. The molecule has 14 rings (SSSR count). The number of allylic oxidation sites excluding steroid dienone is 28. The second-order valence-electron chi connectivity index (χ2n) is 28.5. The fourth-order valence-electron chi connectivity index (χ4n) is 12.4. The molecule has 0 aromatic heterocycles. The van der Waals surface area contributed by atoms with Crippen LogP contribution >= 0.6 is 220 Å². The number of rotatable bonds is 14. The van der Waals surface area contributed by atoms with Gasteiger partial charge in [0.05, 0.1) is 58.5 Å². The Labute approximate surface area is 834 Å². The lowest BCUT2D eigenvalue weighted by Crippen LogP contribution is -2.05. The highest BCUT2D eigenvalue weighted by molar-refractivity contribution is 9.16. The van der Waals surface area contributed by atoms with Crippen LogP contribution in [-0.4, -0.2) is 76.2 Å². The minimum atomic E-state index is -0.633. The molecule has 7 aromatic rings. The predicted molar refractivity (Wildman–Crippen MR) is 515 cm³/mol. The van der Waals surface area contributed by atoms with Crippen molar-refractivity contribution in [3.05, 3.63) is 349 Å². The first-order valence-corrected chi connectivity index (χ1v) is 45.9. The molecular weight excluding hydrogens is 2370 g/mol. The molecule has 14 nitrogen and oxygen atoms in total. The third-order valence-electron chi connectivity index (χ3n) is 19.2. The number of carbonyl (C=O) groups is 7. The summed E-state index contributed by atoms with van der Waals surface area (Å²) in [5.41, 5.74) is 5.45. The number of ketones is 7. The molecule has 670 valence electrons. The topological polar surface area (TPSA) is 261 Å². The fourth-order valence-corrected chi connectivity index (χ4v) is 18.2. The normalized spacial score (nSPS) is 15.1. The average Bonchev–Trinajstić information content (AvgIpc) is 1.64. The van der Waals surface area contributed by atoms with Crippen molar-refractivity contribution >= 4 is 261 Å². The molecule has 7 aliphatic rings.